The van der Waals surface area contributed by atoms with Crippen molar-refractivity contribution in [1.29, 1.82) is 0 Å². The number of anilines is 2. The van der Waals surface area contributed by atoms with Gasteiger partial charge in [0.2, 0.25) is 10.0 Å². The van der Waals surface area contributed by atoms with Gasteiger partial charge in [-0.25, -0.2) is 8.42 Å². The van der Waals surface area contributed by atoms with Gasteiger partial charge < -0.3 is 5.32 Å². The molecule has 0 saturated heterocycles. The molecule has 0 atom stereocenters. The third-order valence-corrected chi connectivity index (χ3v) is 5.13. The number of carbonyl (C=O) groups is 1. The average molecular weight is 350 g/mol. The van der Waals surface area contributed by atoms with Crippen molar-refractivity contribution in [1.82, 2.24) is 9.78 Å². The number of aryl methyl sites for hydroxylation is 2. The second kappa shape index (κ2) is 6.64. The van der Waals surface area contributed by atoms with Gasteiger partial charge in [-0.1, -0.05) is 6.92 Å². The van der Waals surface area contributed by atoms with Gasteiger partial charge in [0.05, 0.1) is 17.6 Å². The number of aromatic nitrogens is 2. The van der Waals surface area contributed by atoms with E-state index in [1.807, 2.05) is 13.8 Å². The Morgan fingerprint density at radius 2 is 1.88 bits per heavy atom. The second-order valence-corrected chi connectivity index (χ2v) is 7.63. The number of carbonyl (C=O) groups excluding carboxylic acids is 1. The third kappa shape index (κ3) is 3.59. The Bertz CT molecular complexity index is 854. The van der Waals surface area contributed by atoms with Crippen LogP contribution in [0.2, 0.25) is 0 Å². The quantitative estimate of drug-likeness (QED) is 0.893. The first-order valence-electron chi connectivity index (χ1n) is 7.53. The minimum atomic E-state index is -3.33. The Balaban J connectivity index is 2.23. The topological polar surface area (TPSA) is 84.3 Å². The summed E-state index contributed by atoms with van der Waals surface area (Å²) in [7, 11) is -0.0759. The monoisotopic (exact) mass is 350 g/mol. The van der Waals surface area contributed by atoms with E-state index in [2.05, 4.69) is 10.4 Å². The number of rotatable bonds is 5. The van der Waals surface area contributed by atoms with Crippen molar-refractivity contribution in [2.75, 3.05) is 22.9 Å². The van der Waals surface area contributed by atoms with Crippen LogP contribution in [0.15, 0.2) is 24.3 Å². The molecule has 0 aliphatic rings. The Morgan fingerprint density at radius 3 is 2.38 bits per heavy atom. The number of hydrogen-bond acceptors (Lipinski definition) is 4. The molecule has 24 heavy (non-hydrogen) atoms. The van der Waals surface area contributed by atoms with E-state index in [1.54, 1.807) is 36.0 Å². The molecule has 0 fully saturated rings. The normalized spacial score (nSPS) is 11.4. The van der Waals surface area contributed by atoms with Crippen molar-refractivity contribution in [2.24, 2.45) is 7.05 Å². The highest BCUT2D eigenvalue weighted by Crippen LogP contribution is 2.21. The number of sulfonamides is 1. The molecule has 0 saturated carbocycles. The highest BCUT2D eigenvalue weighted by atomic mass is 32.2. The van der Waals surface area contributed by atoms with Crippen molar-refractivity contribution >= 4 is 27.4 Å². The summed E-state index contributed by atoms with van der Waals surface area (Å²) in [4.78, 5) is 12.4. The van der Waals surface area contributed by atoms with Crippen LogP contribution in [0.3, 0.4) is 0 Å². The minimum absolute atomic E-state index is 0.263. The van der Waals surface area contributed by atoms with Crippen molar-refractivity contribution < 1.29 is 13.2 Å². The van der Waals surface area contributed by atoms with E-state index in [1.165, 1.54) is 7.05 Å². The number of amides is 1. The highest BCUT2D eigenvalue weighted by molar-refractivity contribution is 7.92. The van der Waals surface area contributed by atoms with E-state index in [0.717, 1.165) is 28.2 Å². The zero-order chi connectivity index (χ0) is 18.1. The molecule has 0 unspecified atom stereocenters. The van der Waals surface area contributed by atoms with Crippen LogP contribution in [-0.4, -0.2) is 37.4 Å². The maximum atomic E-state index is 12.4. The molecule has 1 N–H and O–H groups in total. The van der Waals surface area contributed by atoms with Gasteiger partial charge in [0, 0.05) is 25.2 Å². The summed E-state index contributed by atoms with van der Waals surface area (Å²) >= 11 is 0. The lowest BCUT2D eigenvalue weighted by molar-refractivity contribution is 0.102. The first kappa shape index (κ1) is 18.0. The van der Waals surface area contributed by atoms with Crippen LogP contribution in [0, 0.1) is 6.92 Å². The van der Waals surface area contributed by atoms with Gasteiger partial charge in [-0.15, -0.1) is 0 Å². The average Bonchev–Trinajstić information content (AvgIpc) is 2.79. The first-order valence-corrected chi connectivity index (χ1v) is 9.37. The molecule has 0 bridgehead atoms. The highest BCUT2D eigenvalue weighted by Gasteiger charge is 2.16. The van der Waals surface area contributed by atoms with E-state index in [0.29, 0.717) is 17.1 Å². The molecule has 7 nitrogen and oxygen atoms in total. The molecule has 1 amide bonds. The van der Waals surface area contributed by atoms with E-state index < -0.39 is 10.0 Å². The fourth-order valence-electron chi connectivity index (χ4n) is 2.48. The van der Waals surface area contributed by atoms with Gasteiger partial charge in [0.15, 0.2) is 0 Å². The number of hydrogen-bond donors (Lipinski definition) is 1. The van der Waals surface area contributed by atoms with Crippen LogP contribution in [0.25, 0.3) is 0 Å². The summed E-state index contributed by atoms with van der Waals surface area (Å²) in [5, 5.41) is 7.20. The van der Waals surface area contributed by atoms with E-state index in [9.17, 15) is 13.2 Å². The van der Waals surface area contributed by atoms with Crippen molar-refractivity contribution in [3.63, 3.8) is 0 Å². The molecule has 130 valence electrons. The maximum Gasteiger partial charge on any atom is 0.256 e. The summed E-state index contributed by atoms with van der Waals surface area (Å²) < 4.78 is 25.9. The molecule has 1 heterocycles. The molecule has 0 aliphatic carbocycles. The largest absolute Gasteiger partial charge is 0.307 e. The molecule has 2 aromatic rings. The SMILES string of the molecule is CCc1c(C)nn(C)c1NC(=O)c1ccc(N(C)S(C)(=O)=O)cc1. The summed E-state index contributed by atoms with van der Waals surface area (Å²) in [6.45, 7) is 3.92. The first-order chi connectivity index (χ1) is 11.1. The molecule has 2 rings (SSSR count). The number of nitrogens with one attached hydrogen (secondary N) is 1. The predicted molar refractivity (Wildman–Crippen MR) is 95.0 cm³/mol. The van der Waals surface area contributed by atoms with Gasteiger partial charge in [0.1, 0.15) is 5.82 Å². The molecule has 0 aliphatic heterocycles. The zero-order valence-electron chi connectivity index (χ0n) is 14.5. The molecular formula is C16H22N4O3S. The molecule has 1 aromatic carbocycles. The Morgan fingerprint density at radius 1 is 1.29 bits per heavy atom. The van der Waals surface area contributed by atoms with Crippen LogP contribution >= 0.6 is 0 Å². The van der Waals surface area contributed by atoms with Crippen LogP contribution in [0.4, 0.5) is 11.5 Å². The fourth-order valence-corrected chi connectivity index (χ4v) is 2.98. The van der Waals surface area contributed by atoms with E-state index >= 15 is 0 Å². The van der Waals surface area contributed by atoms with Gasteiger partial charge in [-0.05, 0) is 37.6 Å². The van der Waals surface area contributed by atoms with Crippen LogP contribution in [0.5, 0.6) is 0 Å². The molecule has 8 heteroatoms. The molecule has 0 spiro atoms. The van der Waals surface area contributed by atoms with Gasteiger partial charge >= 0.3 is 0 Å². The molecule has 1 aromatic heterocycles. The summed E-state index contributed by atoms with van der Waals surface area (Å²) in [5.74, 6) is 0.415. The summed E-state index contributed by atoms with van der Waals surface area (Å²) in [6, 6.07) is 6.40. The van der Waals surface area contributed by atoms with Gasteiger partial charge in [0.25, 0.3) is 5.91 Å². The molecule has 0 radical (unpaired) electrons. The van der Waals surface area contributed by atoms with Crippen LogP contribution in [-0.2, 0) is 23.5 Å². The standard InChI is InChI=1S/C16H22N4O3S/c1-6-14-11(2)18-19(3)15(14)17-16(21)12-7-9-13(10-8-12)20(4)24(5,22)23/h7-10H,6H2,1-5H3,(H,17,21). The van der Waals surface area contributed by atoms with Crippen molar-refractivity contribution in [3.8, 4) is 0 Å². The van der Waals surface area contributed by atoms with Gasteiger partial charge in [-0.2, -0.15) is 5.10 Å². The van der Waals surface area contributed by atoms with E-state index in [-0.39, 0.29) is 5.91 Å². The summed E-state index contributed by atoms with van der Waals surface area (Å²) in [6.07, 6.45) is 1.90. The smallest absolute Gasteiger partial charge is 0.256 e. The zero-order valence-corrected chi connectivity index (χ0v) is 15.3. The van der Waals surface area contributed by atoms with E-state index in [4.69, 9.17) is 0 Å². The Hall–Kier alpha value is -2.35. The third-order valence-electron chi connectivity index (χ3n) is 3.92. The Kier molecular flexibility index (Phi) is 4.98. The number of benzene rings is 1. The lowest BCUT2D eigenvalue weighted by Crippen LogP contribution is -2.24. The van der Waals surface area contributed by atoms with Gasteiger partial charge in [-0.3, -0.25) is 13.8 Å². The van der Waals surface area contributed by atoms with Crippen molar-refractivity contribution in [3.05, 3.63) is 41.1 Å². The summed E-state index contributed by atoms with van der Waals surface area (Å²) in [5.41, 5.74) is 2.83. The van der Waals surface area contributed by atoms with Crippen LogP contribution in [0.1, 0.15) is 28.5 Å². The minimum Gasteiger partial charge on any atom is -0.307 e. The lowest BCUT2D eigenvalue weighted by Gasteiger charge is -2.16. The second-order valence-electron chi connectivity index (χ2n) is 5.62. The predicted octanol–water partition coefficient (Wildman–Crippen LogP) is 1.94. The Labute approximate surface area is 142 Å². The lowest BCUT2D eigenvalue weighted by atomic mass is 10.1. The fraction of sp³-hybridized carbons (Fsp3) is 0.375. The molecular weight excluding hydrogens is 328 g/mol. The van der Waals surface area contributed by atoms with Crippen molar-refractivity contribution in [2.45, 2.75) is 20.3 Å². The maximum absolute atomic E-state index is 12.4. The van der Waals surface area contributed by atoms with Crippen LogP contribution < -0.4 is 9.62 Å². The number of nitrogens with zero attached hydrogens (tertiary/aromatic N) is 3.